The number of urea groups is 1. The van der Waals surface area contributed by atoms with Crippen LogP contribution in [0.3, 0.4) is 0 Å². The van der Waals surface area contributed by atoms with Gasteiger partial charge in [-0.3, -0.25) is 10.3 Å². The molecule has 9 heteroatoms. The van der Waals surface area contributed by atoms with Crippen LogP contribution in [0.15, 0.2) is 24.5 Å². The second-order valence-corrected chi connectivity index (χ2v) is 8.74. The highest BCUT2D eigenvalue weighted by molar-refractivity contribution is 7.14. The number of nitrogens with zero attached hydrogens (tertiary/aromatic N) is 6. The van der Waals surface area contributed by atoms with Gasteiger partial charge in [0.2, 0.25) is 0 Å². The largest absolute Gasteiger partial charge is 0.323 e. The third-order valence-electron chi connectivity index (χ3n) is 5.47. The molecule has 0 saturated carbocycles. The lowest BCUT2D eigenvalue weighted by atomic mass is 10.2. The number of rotatable bonds is 2. The molecular weight excluding hydrogens is 374 g/mol. The number of aryl methyl sites for hydroxylation is 1. The van der Waals surface area contributed by atoms with Gasteiger partial charge in [-0.25, -0.2) is 9.78 Å². The monoisotopic (exact) mass is 395 g/mol. The quantitative estimate of drug-likeness (QED) is 0.718. The van der Waals surface area contributed by atoms with Crippen molar-refractivity contribution >= 4 is 34.1 Å². The first kappa shape index (κ1) is 17.4. The van der Waals surface area contributed by atoms with Crippen molar-refractivity contribution in [3.05, 3.63) is 29.5 Å². The van der Waals surface area contributed by atoms with Gasteiger partial charge < -0.3 is 9.80 Å². The first-order valence-electron chi connectivity index (χ1n) is 9.41. The first-order chi connectivity index (χ1) is 13.6. The van der Waals surface area contributed by atoms with Gasteiger partial charge in [0.1, 0.15) is 15.8 Å². The fourth-order valence-corrected chi connectivity index (χ4v) is 4.92. The third-order valence-corrected chi connectivity index (χ3v) is 6.36. The zero-order chi connectivity index (χ0) is 19.3. The molecule has 0 aliphatic carbocycles. The number of aromatic nitrogens is 4. The number of likely N-dealkylation sites (tertiary alicyclic amines) is 1. The molecule has 5 heterocycles. The number of piperazine rings is 1. The van der Waals surface area contributed by atoms with Gasteiger partial charge in [-0.2, -0.15) is 0 Å². The summed E-state index contributed by atoms with van der Waals surface area (Å²) in [5.74, 6) is 0.545. The maximum atomic E-state index is 12.9. The highest BCUT2D eigenvalue weighted by Crippen LogP contribution is 2.30. The Morgan fingerprint density at radius 3 is 2.64 bits per heavy atom. The topological polar surface area (TPSA) is 87.1 Å². The van der Waals surface area contributed by atoms with Gasteiger partial charge in [0.15, 0.2) is 0 Å². The minimum Gasteiger partial charge on any atom is -0.316 e. The van der Waals surface area contributed by atoms with Crippen molar-refractivity contribution in [3.63, 3.8) is 0 Å². The standard InChI is InChI=1S/C19H21N7OS/c1-11-23-24-18(28-11)13-5-12-6-17(21-8-16(12)20-7-13)22-19(27)26-14-3-4-15(26)10-25(2)9-14/h5-8,14-15H,3-4,9-10H2,1-2H3,(H,21,22,27). The van der Waals surface area contributed by atoms with Crippen LogP contribution in [0.2, 0.25) is 0 Å². The lowest BCUT2D eigenvalue weighted by Gasteiger charge is -2.39. The summed E-state index contributed by atoms with van der Waals surface area (Å²) in [6.45, 7) is 3.80. The van der Waals surface area contributed by atoms with Gasteiger partial charge >= 0.3 is 6.03 Å². The van der Waals surface area contributed by atoms with Gasteiger partial charge in [-0.15, -0.1) is 10.2 Å². The maximum absolute atomic E-state index is 12.9. The van der Waals surface area contributed by atoms with Crippen molar-refractivity contribution in [2.45, 2.75) is 31.8 Å². The fraction of sp³-hybridized carbons (Fsp3) is 0.421. The van der Waals surface area contributed by atoms with E-state index >= 15 is 0 Å². The summed E-state index contributed by atoms with van der Waals surface area (Å²) in [5, 5.41) is 13.9. The Kier molecular flexibility index (Phi) is 4.21. The van der Waals surface area contributed by atoms with E-state index in [2.05, 4.69) is 37.4 Å². The van der Waals surface area contributed by atoms with E-state index in [-0.39, 0.29) is 18.1 Å². The van der Waals surface area contributed by atoms with Crippen LogP contribution in [0.25, 0.3) is 21.5 Å². The number of anilines is 1. The Hall–Kier alpha value is -2.65. The van der Waals surface area contributed by atoms with Crippen molar-refractivity contribution in [3.8, 4) is 10.6 Å². The molecule has 2 aliphatic rings. The van der Waals surface area contributed by atoms with Crippen LogP contribution in [0.1, 0.15) is 17.8 Å². The molecule has 0 radical (unpaired) electrons. The molecule has 2 unspecified atom stereocenters. The Morgan fingerprint density at radius 2 is 1.93 bits per heavy atom. The first-order valence-corrected chi connectivity index (χ1v) is 10.2. The molecule has 2 saturated heterocycles. The summed E-state index contributed by atoms with van der Waals surface area (Å²) in [7, 11) is 2.12. The molecule has 2 atom stereocenters. The molecule has 2 fully saturated rings. The molecule has 5 rings (SSSR count). The number of carbonyl (C=O) groups is 1. The van der Waals surface area contributed by atoms with Gasteiger partial charge in [0.25, 0.3) is 0 Å². The number of pyridine rings is 2. The Labute approximate surface area is 166 Å². The highest BCUT2D eigenvalue weighted by atomic mass is 32.1. The van der Waals surface area contributed by atoms with E-state index in [1.807, 2.05) is 24.0 Å². The van der Waals surface area contributed by atoms with Gasteiger partial charge in [0.05, 0.1) is 11.7 Å². The van der Waals surface area contributed by atoms with E-state index in [0.29, 0.717) is 5.82 Å². The number of likely N-dealkylation sites (N-methyl/N-ethyl adjacent to an activating group) is 1. The van der Waals surface area contributed by atoms with Crippen LogP contribution in [0, 0.1) is 6.92 Å². The lowest BCUT2D eigenvalue weighted by molar-refractivity contribution is 0.111. The number of nitrogens with one attached hydrogen (secondary N) is 1. The summed E-state index contributed by atoms with van der Waals surface area (Å²) < 4.78 is 0. The molecule has 8 nitrogen and oxygen atoms in total. The molecule has 2 aliphatic heterocycles. The molecule has 28 heavy (non-hydrogen) atoms. The third kappa shape index (κ3) is 3.10. The summed E-state index contributed by atoms with van der Waals surface area (Å²) in [5.41, 5.74) is 1.70. The molecule has 2 bridgehead atoms. The molecule has 0 spiro atoms. The molecule has 3 aromatic heterocycles. The molecule has 144 valence electrons. The SMILES string of the molecule is Cc1nnc(-c2cnc3cnc(NC(=O)N4C5CCC4CN(C)C5)cc3c2)s1. The van der Waals surface area contributed by atoms with Crippen LogP contribution in [0.5, 0.6) is 0 Å². The lowest BCUT2D eigenvalue weighted by Crippen LogP contribution is -2.55. The Balaban J connectivity index is 1.39. The van der Waals surface area contributed by atoms with Crippen LogP contribution in [-0.2, 0) is 0 Å². The van der Waals surface area contributed by atoms with Crippen LogP contribution >= 0.6 is 11.3 Å². The van der Waals surface area contributed by atoms with Crippen molar-refractivity contribution in [2.24, 2.45) is 0 Å². The van der Waals surface area contributed by atoms with E-state index in [9.17, 15) is 4.79 Å². The van der Waals surface area contributed by atoms with Crippen LogP contribution in [0.4, 0.5) is 10.6 Å². The Morgan fingerprint density at radius 1 is 1.14 bits per heavy atom. The zero-order valence-electron chi connectivity index (χ0n) is 15.8. The predicted octanol–water partition coefficient (Wildman–Crippen LogP) is 2.77. The minimum absolute atomic E-state index is 0.0590. The predicted molar refractivity (Wildman–Crippen MR) is 108 cm³/mol. The second kappa shape index (κ2) is 6.75. The number of amides is 2. The summed E-state index contributed by atoms with van der Waals surface area (Å²) >= 11 is 1.53. The van der Waals surface area contributed by atoms with E-state index in [1.54, 1.807) is 12.4 Å². The van der Waals surface area contributed by atoms with Crippen LogP contribution in [-0.4, -0.2) is 68.2 Å². The average molecular weight is 395 g/mol. The number of hydrogen-bond donors (Lipinski definition) is 1. The van der Waals surface area contributed by atoms with E-state index in [4.69, 9.17) is 0 Å². The summed E-state index contributed by atoms with van der Waals surface area (Å²) in [6, 6.07) is 4.40. The van der Waals surface area contributed by atoms with Crippen molar-refractivity contribution in [1.29, 1.82) is 0 Å². The van der Waals surface area contributed by atoms with E-state index in [1.165, 1.54) is 11.3 Å². The molecule has 2 amide bonds. The summed E-state index contributed by atoms with van der Waals surface area (Å²) in [6.07, 6.45) is 5.62. The zero-order valence-corrected chi connectivity index (χ0v) is 16.6. The van der Waals surface area contributed by atoms with E-state index in [0.717, 1.165) is 52.4 Å². The van der Waals surface area contributed by atoms with Gasteiger partial charge in [-0.1, -0.05) is 11.3 Å². The van der Waals surface area contributed by atoms with E-state index < -0.39 is 0 Å². The van der Waals surface area contributed by atoms with Crippen molar-refractivity contribution in [1.82, 2.24) is 30.0 Å². The normalized spacial score (nSPS) is 22.0. The van der Waals surface area contributed by atoms with Crippen LogP contribution < -0.4 is 5.32 Å². The smallest absolute Gasteiger partial charge is 0.316 e. The fourth-order valence-electron chi connectivity index (χ4n) is 4.25. The second-order valence-electron chi connectivity index (χ2n) is 7.56. The van der Waals surface area contributed by atoms with Crippen molar-refractivity contribution < 1.29 is 4.79 Å². The Bertz CT molecular complexity index is 1040. The molecule has 0 aromatic carbocycles. The van der Waals surface area contributed by atoms with Crippen molar-refractivity contribution in [2.75, 3.05) is 25.5 Å². The van der Waals surface area contributed by atoms with Gasteiger partial charge in [-0.05, 0) is 38.9 Å². The minimum atomic E-state index is -0.0590. The number of carbonyl (C=O) groups excluding carboxylic acids is 1. The molecular formula is C19H21N7OS. The molecule has 3 aromatic rings. The molecule has 1 N–H and O–H groups in total. The summed E-state index contributed by atoms with van der Waals surface area (Å²) in [4.78, 5) is 26.0. The highest BCUT2D eigenvalue weighted by Gasteiger charge is 2.41. The maximum Gasteiger partial charge on any atom is 0.323 e. The number of hydrogen-bond acceptors (Lipinski definition) is 7. The number of fused-ring (bicyclic) bond motifs is 3. The average Bonchev–Trinajstić information content (AvgIpc) is 3.22. The van der Waals surface area contributed by atoms with Gasteiger partial charge in [0, 0.05) is 42.3 Å².